The predicted molar refractivity (Wildman–Crippen MR) is 61.6 cm³/mol. The first-order valence-electron chi connectivity index (χ1n) is 5.01. The maximum absolute atomic E-state index is 12.1. The fourth-order valence-electron chi connectivity index (χ4n) is 1.67. The van der Waals surface area contributed by atoms with Crippen LogP contribution >= 0.6 is 0 Å². The summed E-state index contributed by atoms with van der Waals surface area (Å²) in [6, 6.07) is 1.61. The Bertz CT molecular complexity index is 647. The summed E-state index contributed by atoms with van der Waals surface area (Å²) in [5.41, 5.74) is -0.757. The van der Waals surface area contributed by atoms with Gasteiger partial charge in [0, 0.05) is 11.7 Å². The van der Waals surface area contributed by atoms with E-state index in [4.69, 9.17) is 0 Å². The van der Waals surface area contributed by atoms with Gasteiger partial charge in [0.05, 0.1) is 17.1 Å². The third-order valence-electron chi connectivity index (χ3n) is 2.37. The van der Waals surface area contributed by atoms with Crippen LogP contribution in [-0.4, -0.2) is 14.5 Å². The second-order valence-corrected chi connectivity index (χ2v) is 4.66. The Hall–Kier alpha value is -1.91. The molecule has 0 saturated carbocycles. The van der Waals surface area contributed by atoms with Gasteiger partial charge in [-0.25, -0.2) is 4.79 Å². The molecule has 5 heteroatoms. The lowest BCUT2D eigenvalue weighted by atomic mass is 10.1. The molecule has 0 spiro atoms. The molecule has 5 nitrogen and oxygen atoms in total. The summed E-state index contributed by atoms with van der Waals surface area (Å²) in [6.45, 7) is 5.45. The molecule has 0 fully saturated rings. The lowest BCUT2D eigenvalue weighted by Crippen LogP contribution is -2.44. The van der Waals surface area contributed by atoms with Crippen molar-refractivity contribution in [3.63, 3.8) is 0 Å². The average molecular weight is 219 g/mol. The van der Waals surface area contributed by atoms with Crippen LogP contribution in [0.25, 0.3) is 10.9 Å². The fourth-order valence-corrected chi connectivity index (χ4v) is 1.67. The average Bonchev–Trinajstić information content (AvgIpc) is 2.15. The molecule has 0 amide bonds. The number of nitrogens with one attached hydrogen (secondary N) is 1. The van der Waals surface area contributed by atoms with E-state index < -0.39 is 11.2 Å². The van der Waals surface area contributed by atoms with E-state index in [1.165, 1.54) is 17.0 Å². The molecule has 16 heavy (non-hydrogen) atoms. The molecule has 2 aromatic rings. The molecule has 0 bridgehead atoms. The van der Waals surface area contributed by atoms with Gasteiger partial charge in [0.2, 0.25) is 0 Å². The summed E-state index contributed by atoms with van der Waals surface area (Å²) in [4.78, 5) is 30.4. The zero-order valence-electron chi connectivity index (χ0n) is 9.44. The first-order valence-corrected chi connectivity index (χ1v) is 5.01. The van der Waals surface area contributed by atoms with Crippen molar-refractivity contribution in [1.29, 1.82) is 0 Å². The minimum Gasteiger partial charge on any atom is -0.305 e. The maximum atomic E-state index is 12.1. The Morgan fingerprint density at radius 2 is 2.00 bits per heavy atom. The smallest absolute Gasteiger partial charge is 0.305 e. The van der Waals surface area contributed by atoms with Crippen molar-refractivity contribution >= 4 is 10.9 Å². The Morgan fingerprint density at radius 3 is 2.62 bits per heavy atom. The third kappa shape index (κ3) is 1.54. The van der Waals surface area contributed by atoms with Crippen LogP contribution in [0.2, 0.25) is 0 Å². The molecule has 2 rings (SSSR count). The van der Waals surface area contributed by atoms with Crippen LogP contribution < -0.4 is 11.2 Å². The van der Waals surface area contributed by atoms with E-state index in [1.54, 1.807) is 6.07 Å². The van der Waals surface area contributed by atoms with E-state index in [-0.39, 0.29) is 5.56 Å². The number of fused-ring (bicyclic) bond motifs is 1. The minimum absolute atomic E-state index is 0.284. The Labute approximate surface area is 91.8 Å². The molecule has 1 N–H and O–H groups in total. The number of pyridine rings is 1. The molecule has 2 aromatic heterocycles. The van der Waals surface area contributed by atoms with Crippen LogP contribution in [-0.2, 0) is 5.54 Å². The summed E-state index contributed by atoms with van der Waals surface area (Å²) in [5.74, 6) is 0. The molecule has 2 heterocycles. The van der Waals surface area contributed by atoms with Gasteiger partial charge in [-0.3, -0.25) is 14.3 Å². The summed E-state index contributed by atoms with van der Waals surface area (Å²) in [6.07, 6.45) is 3.01. The van der Waals surface area contributed by atoms with Crippen molar-refractivity contribution in [2.75, 3.05) is 0 Å². The molecule has 0 aromatic carbocycles. The zero-order chi connectivity index (χ0) is 11.9. The van der Waals surface area contributed by atoms with E-state index in [2.05, 4.69) is 9.97 Å². The van der Waals surface area contributed by atoms with Crippen molar-refractivity contribution < 1.29 is 0 Å². The van der Waals surface area contributed by atoms with Gasteiger partial charge >= 0.3 is 5.69 Å². The van der Waals surface area contributed by atoms with Crippen LogP contribution in [0.1, 0.15) is 20.8 Å². The van der Waals surface area contributed by atoms with E-state index in [0.29, 0.717) is 10.9 Å². The van der Waals surface area contributed by atoms with Gasteiger partial charge in [-0.2, -0.15) is 0 Å². The van der Waals surface area contributed by atoms with Crippen LogP contribution in [0, 0.1) is 0 Å². The van der Waals surface area contributed by atoms with Crippen molar-refractivity contribution in [3.05, 3.63) is 39.3 Å². The van der Waals surface area contributed by atoms with Crippen molar-refractivity contribution in [2.24, 2.45) is 0 Å². The number of aromatic nitrogens is 3. The van der Waals surface area contributed by atoms with Crippen LogP contribution in [0.5, 0.6) is 0 Å². The van der Waals surface area contributed by atoms with E-state index in [9.17, 15) is 9.59 Å². The maximum Gasteiger partial charge on any atom is 0.329 e. The summed E-state index contributed by atoms with van der Waals surface area (Å²) < 4.78 is 1.22. The van der Waals surface area contributed by atoms with E-state index >= 15 is 0 Å². The summed E-state index contributed by atoms with van der Waals surface area (Å²) >= 11 is 0. The molecule has 0 aliphatic carbocycles. The Kier molecular flexibility index (Phi) is 2.18. The molecular formula is C11H13N3O2. The topological polar surface area (TPSA) is 67.8 Å². The van der Waals surface area contributed by atoms with Gasteiger partial charge in [-0.1, -0.05) is 0 Å². The highest BCUT2D eigenvalue weighted by Gasteiger charge is 2.19. The first kappa shape index (κ1) is 10.6. The van der Waals surface area contributed by atoms with Crippen molar-refractivity contribution in [1.82, 2.24) is 14.5 Å². The number of H-pyrrole nitrogens is 1. The SMILES string of the molecule is CC(C)(C)n1c(=O)[nH]c2cnccc2c1=O. The molecule has 0 unspecified atom stereocenters. The van der Waals surface area contributed by atoms with Crippen LogP contribution in [0.15, 0.2) is 28.0 Å². The normalized spacial score (nSPS) is 11.9. The highest BCUT2D eigenvalue weighted by molar-refractivity contribution is 5.75. The summed E-state index contributed by atoms with van der Waals surface area (Å²) in [7, 11) is 0. The van der Waals surface area contributed by atoms with Gasteiger partial charge in [0.15, 0.2) is 0 Å². The van der Waals surface area contributed by atoms with Gasteiger partial charge in [0.25, 0.3) is 5.56 Å². The van der Waals surface area contributed by atoms with Gasteiger partial charge < -0.3 is 4.98 Å². The van der Waals surface area contributed by atoms with Crippen molar-refractivity contribution in [3.8, 4) is 0 Å². The third-order valence-corrected chi connectivity index (χ3v) is 2.37. The lowest BCUT2D eigenvalue weighted by molar-refractivity contribution is 0.369. The standard InChI is InChI=1S/C11H13N3O2/c1-11(2,3)14-9(15)7-4-5-12-6-8(7)13-10(14)16/h4-6H,1-3H3,(H,13,16). The van der Waals surface area contributed by atoms with Crippen molar-refractivity contribution in [2.45, 2.75) is 26.3 Å². The monoisotopic (exact) mass is 219 g/mol. The first-order chi connectivity index (χ1) is 7.41. The second kappa shape index (κ2) is 3.30. The number of nitrogens with zero attached hydrogens (tertiary/aromatic N) is 2. The largest absolute Gasteiger partial charge is 0.329 e. The highest BCUT2D eigenvalue weighted by Crippen LogP contribution is 2.09. The molecule has 0 saturated heterocycles. The quantitative estimate of drug-likeness (QED) is 0.714. The lowest BCUT2D eigenvalue weighted by Gasteiger charge is -2.20. The number of hydrogen-bond donors (Lipinski definition) is 1. The van der Waals surface area contributed by atoms with E-state index in [0.717, 1.165) is 0 Å². The van der Waals surface area contributed by atoms with Gasteiger partial charge in [-0.05, 0) is 26.8 Å². The fraction of sp³-hybridized carbons (Fsp3) is 0.364. The molecule has 0 aliphatic rings. The second-order valence-electron chi connectivity index (χ2n) is 4.66. The van der Waals surface area contributed by atoms with Crippen LogP contribution in [0.4, 0.5) is 0 Å². The predicted octanol–water partition coefficient (Wildman–Crippen LogP) is 0.840. The highest BCUT2D eigenvalue weighted by atomic mass is 16.2. The van der Waals surface area contributed by atoms with Crippen LogP contribution in [0.3, 0.4) is 0 Å². The van der Waals surface area contributed by atoms with Gasteiger partial charge in [0.1, 0.15) is 0 Å². The molecule has 84 valence electrons. The molecule has 0 atom stereocenters. The molecule has 0 radical (unpaired) electrons. The number of rotatable bonds is 0. The number of hydrogen-bond acceptors (Lipinski definition) is 3. The Morgan fingerprint density at radius 1 is 1.31 bits per heavy atom. The molecule has 0 aliphatic heterocycles. The number of aromatic amines is 1. The molecular weight excluding hydrogens is 206 g/mol. The minimum atomic E-state index is -0.540. The summed E-state index contributed by atoms with van der Waals surface area (Å²) in [5, 5.41) is 0.476. The zero-order valence-corrected chi connectivity index (χ0v) is 9.44. The Balaban J connectivity index is 2.99. The van der Waals surface area contributed by atoms with E-state index in [1.807, 2.05) is 20.8 Å². The van der Waals surface area contributed by atoms with Gasteiger partial charge in [-0.15, -0.1) is 0 Å².